The van der Waals surface area contributed by atoms with Crippen LogP contribution >= 0.6 is 11.8 Å². The molecule has 1 atom stereocenters. The number of ether oxygens (including phenoxy) is 1. The molecule has 19 heavy (non-hydrogen) atoms. The lowest BCUT2D eigenvalue weighted by molar-refractivity contribution is -0.141. The summed E-state index contributed by atoms with van der Waals surface area (Å²) in [4.78, 5) is 12.5. The van der Waals surface area contributed by atoms with Gasteiger partial charge < -0.3 is 9.84 Å². The summed E-state index contributed by atoms with van der Waals surface area (Å²) in [6.07, 6.45) is 2.23. The van der Waals surface area contributed by atoms with Crippen molar-refractivity contribution in [1.82, 2.24) is 0 Å². The van der Waals surface area contributed by atoms with Gasteiger partial charge in [-0.05, 0) is 36.8 Å². The van der Waals surface area contributed by atoms with Gasteiger partial charge in [0.2, 0.25) is 0 Å². The van der Waals surface area contributed by atoms with E-state index in [2.05, 4.69) is 0 Å². The summed E-state index contributed by atoms with van der Waals surface area (Å²) in [5, 5.41) is 9.75. The summed E-state index contributed by atoms with van der Waals surface area (Å²) in [6.45, 7) is 1.78. The lowest BCUT2D eigenvalue weighted by Gasteiger charge is -2.16. The predicted molar refractivity (Wildman–Crippen MR) is 76.1 cm³/mol. The Labute approximate surface area is 118 Å². The predicted octanol–water partition coefficient (Wildman–Crippen LogP) is 3.18. The smallest absolute Gasteiger partial charge is 0.306 e. The first-order valence-electron chi connectivity index (χ1n) is 6.53. The molecule has 1 N–H and O–H groups in total. The van der Waals surface area contributed by atoms with E-state index in [-0.39, 0.29) is 11.4 Å². The third kappa shape index (κ3) is 3.74. The summed E-state index contributed by atoms with van der Waals surface area (Å²) >= 11 is 1.73. The van der Waals surface area contributed by atoms with Crippen LogP contribution < -0.4 is 0 Å². The number of rotatable bonds is 6. The molecule has 0 unspecified atom stereocenters. The Morgan fingerprint density at radius 2 is 2.16 bits per heavy atom. The lowest BCUT2D eigenvalue weighted by atomic mass is 10.1. The van der Waals surface area contributed by atoms with Crippen LogP contribution in [0.3, 0.4) is 0 Å². The summed E-state index contributed by atoms with van der Waals surface area (Å²) in [5.41, 5.74) is 1.07. The van der Waals surface area contributed by atoms with Gasteiger partial charge >= 0.3 is 5.97 Å². The first-order chi connectivity index (χ1) is 9.06. The third-order valence-electron chi connectivity index (χ3n) is 3.61. The molecule has 3 nitrogen and oxygen atoms in total. The van der Waals surface area contributed by atoms with Crippen LogP contribution in [0, 0.1) is 5.41 Å². The molecule has 0 heterocycles. The van der Waals surface area contributed by atoms with Crippen molar-refractivity contribution in [2.45, 2.75) is 37.2 Å². The summed E-state index contributed by atoms with van der Waals surface area (Å²) in [6, 6.07) is 7.90. The average molecular weight is 280 g/mol. The normalized spacial score (nSPS) is 17.8. The van der Waals surface area contributed by atoms with Gasteiger partial charge in [0.25, 0.3) is 0 Å². The first kappa shape index (κ1) is 14.4. The highest BCUT2D eigenvalue weighted by Crippen LogP contribution is 2.52. The van der Waals surface area contributed by atoms with E-state index >= 15 is 0 Å². The highest BCUT2D eigenvalue weighted by atomic mass is 32.2. The second kappa shape index (κ2) is 5.97. The first-order valence-corrected chi connectivity index (χ1v) is 7.51. The Morgan fingerprint density at radius 1 is 1.47 bits per heavy atom. The van der Waals surface area contributed by atoms with E-state index in [1.807, 2.05) is 24.3 Å². The van der Waals surface area contributed by atoms with E-state index in [1.165, 1.54) is 7.11 Å². The number of methoxy groups -OCH3 is 1. The molecular formula is C15H20O3S. The molecular weight excluding hydrogens is 260 g/mol. The number of carbonyl (C=O) groups excluding carboxylic acids is 1. The molecule has 1 aliphatic carbocycles. The number of thioether (sulfide) groups is 1. The van der Waals surface area contributed by atoms with Gasteiger partial charge in [-0.2, -0.15) is 0 Å². The van der Waals surface area contributed by atoms with Crippen LogP contribution in [0.1, 0.15) is 37.9 Å². The highest BCUT2D eigenvalue weighted by molar-refractivity contribution is 7.99. The number of benzene rings is 1. The van der Waals surface area contributed by atoms with Crippen molar-refractivity contribution in [3.05, 3.63) is 29.8 Å². The topological polar surface area (TPSA) is 46.5 Å². The van der Waals surface area contributed by atoms with Crippen molar-refractivity contribution in [2.75, 3.05) is 12.9 Å². The zero-order valence-electron chi connectivity index (χ0n) is 11.4. The highest BCUT2D eigenvalue weighted by Gasteiger charge is 2.44. The number of carbonyl (C=O) groups is 1. The molecule has 104 valence electrons. The molecule has 1 aliphatic rings. The van der Waals surface area contributed by atoms with E-state index in [1.54, 1.807) is 18.7 Å². The maximum Gasteiger partial charge on any atom is 0.306 e. The van der Waals surface area contributed by atoms with Gasteiger partial charge in [0.1, 0.15) is 0 Å². The molecule has 0 bridgehead atoms. The molecule has 1 aromatic rings. The summed E-state index contributed by atoms with van der Waals surface area (Å²) in [7, 11) is 1.44. The van der Waals surface area contributed by atoms with Crippen LogP contribution in [0.4, 0.5) is 0 Å². The molecule has 0 amide bonds. The lowest BCUT2D eigenvalue weighted by Crippen LogP contribution is -2.13. The van der Waals surface area contributed by atoms with Gasteiger partial charge in [0, 0.05) is 10.6 Å². The van der Waals surface area contributed by atoms with Crippen LogP contribution in [0.25, 0.3) is 0 Å². The minimum atomic E-state index is -0.459. The van der Waals surface area contributed by atoms with Crippen LogP contribution in [0.2, 0.25) is 0 Å². The second-order valence-electron chi connectivity index (χ2n) is 5.26. The molecule has 0 saturated heterocycles. The van der Waals surface area contributed by atoms with Crippen molar-refractivity contribution >= 4 is 17.7 Å². The molecule has 1 fully saturated rings. The van der Waals surface area contributed by atoms with E-state index in [4.69, 9.17) is 4.74 Å². The van der Waals surface area contributed by atoms with Crippen LogP contribution in [0.15, 0.2) is 29.2 Å². The second-order valence-corrected chi connectivity index (χ2v) is 6.27. The van der Waals surface area contributed by atoms with Crippen molar-refractivity contribution < 1.29 is 14.6 Å². The third-order valence-corrected chi connectivity index (χ3v) is 5.05. The van der Waals surface area contributed by atoms with Crippen molar-refractivity contribution in [3.8, 4) is 0 Å². The van der Waals surface area contributed by atoms with Crippen molar-refractivity contribution in [1.29, 1.82) is 0 Å². The monoisotopic (exact) mass is 280 g/mol. The Hall–Kier alpha value is -1.00. The average Bonchev–Trinajstić information content (AvgIpc) is 3.16. The fraction of sp³-hybridized carbons (Fsp3) is 0.533. The Kier molecular flexibility index (Phi) is 4.53. The molecule has 1 aromatic carbocycles. The van der Waals surface area contributed by atoms with Gasteiger partial charge in [-0.3, -0.25) is 4.79 Å². The maximum absolute atomic E-state index is 11.4. The summed E-state index contributed by atoms with van der Waals surface area (Å²) in [5.74, 6) is 0.785. The van der Waals surface area contributed by atoms with E-state index < -0.39 is 6.10 Å². The van der Waals surface area contributed by atoms with Gasteiger partial charge in [0.15, 0.2) is 0 Å². The quantitative estimate of drug-likeness (QED) is 0.642. The van der Waals surface area contributed by atoms with Crippen LogP contribution in [0.5, 0.6) is 0 Å². The zero-order valence-corrected chi connectivity index (χ0v) is 12.2. The maximum atomic E-state index is 11.4. The SMILES string of the molecule is COC(=O)CC1(CSc2ccccc2[C@H](C)O)CC1. The number of esters is 1. The zero-order chi connectivity index (χ0) is 13.9. The molecule has 2 rings (SSSR count). The largest absolute Gasteiger partial charge is 0.469 e. The van der Waals surface area contributed by atoms with Crippen LogP contribution in [-0.4, -0.2) is 23.9 Å². The fourth-order valence-electron chi connectivity index (χ4n) is 2.12. The minimum Gasteiger partial charge on any atom is -0.469 e. The fourth-order valence-corrected chi connectivity index (χ4v) is 3.55. The molecule has 4 heteroatoms. The van der Waals surface area contributed by atoms with Crippen molar-refractivity contribution in [2.24, 2.45) is 5.41 Å². The van der Waals surface area contributed by atoms with E-state index in [0.29, 0.717) is 6.42 Å². The van der Waals surface area contributed by atoms with Gasteiger partial charge in [-0.1, -0.05) is 18.2 Å². The molecule has 0 radical (unpaired) electrons. The molecule has 1 saturated carbocycles. The Balaban J connectivity index is 1.98. The Bertz CT molecular complexity index is 452. The van der Waals surface area contributed by atoms with Crippen molar-refractivity contribution in [3.63, 3.8) is 0 Å². The minimum absolute atomic E-state index is 0.115. The molecule has 0 spiro atoms. The van der Waals surface area contributed by atoms with Gasteiger partial charge in [-0.15, -0.1) is 11.8 Å². The standard InChI is InChI=1S/C15H20O3S/c1-11(16)12-5-3-4-6-13(12)19-10-15(7-8-15)9-14(17)18-2/h3-6,11,16H,7-10H2,1-2H3/t11-/m0/s1. The van der Waals surface area contributed by atoms with Gasteiger partial charge in [-0.25, -0.2) is 0 Å². The summed E-state index contributed by atoms with van der Waals surface area (Å²) < 4.78 is 4.75. The van der Waals surface area contributed by atoms with Gasteiger partial charge in [0.05, 0.1) is 19.6 Å². The number of hydrogen-bond acceptors (Lipinski definition) is 4. The molecule has 0 aromatic heterocycles. The Morgan fingerprint density at radius 3 is 2.74 bits per heavy atom. The number of aliphatic hydroxyl groups is 1. The van der Waals surface area contributed by atoms with E-state index in [9.17, 15) is 9.90 Å². The molecule has 0 aliphatic heterocycles. The number of hydrogen-bond donors (Lipinski definition) is 1. The number of aliphatic hydroxyl groups excluding tert-OH is 1. The van der Waals surface area contributed by atoms with Crippen LogP contribution in [-0.2, 0) is 9.53 Å². The van der Waals surface area contributed by atoms with E-state index in [0.717, 1.165) is 29.1 Å².